The third-order valence-electron chi connectivity index (χ3n) is 3.99. The van der Waals surface area contributed by atoms with Gasteiger partial charge in [-0.05, 0) is 35.6 Å². The zero-order chi connectivity index (χ0) is 12.8. The van der Waals surface area contributed by atoms with Crippen LogP contribution in [0.1, 0.15) is 12.0 Å². The van der Waals surface area contributed by atoms with Crippen LogP contribution in [0.2, 0.25) is 0 Å². The first-order valence-corrected chi connectivity index (χ1v) is 6.60. The summed E-state index contributed by atoms with van der Waals surface area (Å²) in [5.74, 6) is 0.616. The Labute approximate surface area is 112 Å². The van der Waals surface area contributed by atoms with E-state index in [2.05, 4.69) is 52.4 Å². The standard InChI is InChI=1S/C16H15N3/c17-16-18-10-15-13-7-3-1-5-11(13)9-12-6-2-4-8-14(12)19(15)16/h1-6,8H,7,9-10H2,(H2,17,18). The van der Waals surface area contributed by atoms with Crippen LogP contribution < -0.4 is 10.6 Å². The van der Waals surface area contributed by atoms with Gasteiger partial charge in [-0.15, -0.1) is 0 Å². The Hall–Kier alpha value is -2.29. The first-order valence-electron chi connectivity index (χ1n) is 6.60. The van der Waals surface area contributed by atoms with E-state index in [4.69, 9.17) is 5.73 Å². The number of nitrogens with zero attached hydrogens (tertiary/aromatic N) is 2. The molecule has 19 heavy (non-hydrogen) atoms. The van der Waals surface area contributed by atoms with Crippen LogP contribution in [-0.2, 0) is 6.42 Å². The molecule has 3 nitrogen and oxygen atoms in total. The van der Waals surface area contributed by atoms with Crippen LogP contribution in [0, 0.1) is 0 Å². The van der Waals surface area contributed by atoms with Crippen molar-refractivity contribution in [1.29, 1.82) is 0 Å². The lowest BCUT2D eigenvalue weighted by Crippen LogP contribution is -2.33. The molecule has 94 valence electrons. The van der Waals surface area contributed by atoms with Crippen LogP contribution in [0.3, 0.4) is 0 Å². The Morgan fingerprint density at radius 3 is 3.05 bits per heavy atom. The van der Waals surface area contributed by atoms with E-state index in [9.17, 15) is 0 Å². The van der Waals surface area contributed by atoms with E-state index in [1.165, 1.54) is 28.1 Å². The topological polar surface area (TPSA) is 41.6 Å². The van der Waals surface area contributed by atoms with Gasteiger partial charge in [-0.1, -0.05) is 36.4 Å². The van der Waals surface area contributed by atoms with E-state index in [1.807, 2.05) is 0 Å². The van der Waals surface area contributed by atoms with E-state index in [1.54, 1.807) is 0 Å². The molecule has 1 aliphatic carbocycles. The molecule has 1 aromatic rings. The molecule has 0 saturated carbocycles. The van der Waals surface area contributed by atoms with E-state index in [-0.39, 0.29) is 0 Å². The molecule has 0 aromatic heterocycles. The number of anilines is 1. The summed E-state index contributed by atoms with van der Waals surface area (Å²) in [6.07, 6.45) is 8.53. The summed E-state index contributed by atoms with van der Waals surface area (Å²) in [6.45, 7) is 0.695. The lowest BCUT2D eigenvalue weighted by atomic mass is 9.92. The maximum absolute atomic E-state index is 6.10. The van der Waals surface area contributed by atoms with Crippen molar-refractivity contribution in [2.24, 2.45) is 10.7 Å². The summed E-state index contributed by atoms with van der Waals surface area (Å²) >= 11 is 0. The number of allylic oxidation sites excluding steroid dienone is 5. The highest BCUT2D eigenvalue weighted by Crippen LogP contribution is 2.38. The maximum atomic E-state index is 6.10. The summed E-state index contributed by atoms with van der Waals surface area (Å²) in [5.41, 5.74) is 12.6. The molecule has 2 heterocycles. The molecule has 2 aliphatic heterocycles. The predicted octanol–water partition coefficient (Wildman–Crippen LogP) is 2.52. The van der Waals surface area contributed by atoms with Crippen molar-refractivity contribution in [2.45, 2.75) is 12.8 Å². The lowest BCUT2D eigenvalue weighted by molar-refractivity contribution is 1.04. The molecular weight excluding hydrogens is 234 g/mol. The first-order chi connectivity index (χ1) is 9.34. The second kappa shape index (κ2) is 3.85. The lowest BCUT2D eigenvalue weighted by Gasteiger charge is -2.22. The van der Waals surface area contributed by atoms with Crippen LogP contribution in [0.25, 0.3) is 0 Å². The summed E-state index contributed by atoms with van der Waals surface area (Å²) in [7, 11) is 0. The minimum Gasteiger partial charge on any atom is -0.369 e. The van der Waals surface area contributed by atoms with Gasteiger partial charge in [-0.25, -0.2) is 4.99 Å². The normalized spacial score (nSPS) is 20.3. The van der Waals surface area contributed by atoms with E-state index >= 15 is 0 Å². The number of hydrogen-bond acceptors (Lipinski definition) is 3. The molecule has 0 spiro atoms. The van der Waals surface area contributed by atoms with E-state index in [0.29, 0.717) is 12.5 Å². The Morgan fingerprint density at radius 2 is 2.11 bits per heavy atom. The summed E-state index contributed by atoms with van der Waals surface area (Å²) in [5, 5.41) is 0. The molecule has 2 N–H and O–H groups in total. The smallest absolute Gasteiger partial charge is 0.200 e. The molecule has 0 amide bonds. The Kier molecular flexibility index (Phi) is 2.15. The minimum absolute atomic E-state index is 0.616. The highest BCUT2D eigenvalue weighted by molar-refractivity contribution is 6.01. The fraction of sp³-hybridized carbons (Fsp3) is 0.188. The van der Waals surface area contributed by atoms with Gasteiger partial charge >= 0.3 is 0 Å². The summed E-state index contributed by atoms with van der Waals surface area (Å²) < 4.78 is 0. The van der Waals surface area contributed by atoms with Crippen molar-refractivity contribution in [3.8, 4) is 0 Å². The molecule has 3 heteroatoms. The van der Waals surface area contributed by atoms with Gasteiger partial charge < -0.3 is 5.73 Å². The van der Waals surface area contributed by atoms with Gasteiger partial charge in [0.15, 0.2) is 0 Å². The molecule has 4 rings (SSSR count). The highest BCUT2D eigenvalue weighted by Gasteiger charge is 2.30. The molecule has 1 aromatic carbocycles. The fourth-order valence-electron chi connectivity index (χ4n) is 3.09. The Morgan fingerprint density at radius 1 is 1.21 bits per heavy atom. The first kappa shape index (κ1) is 10.6. The molecule has 0 bridgehead atoms. The molecule has 0 atom stereocenters. The molecular formula is C16H15N3. The predicted molar refractivity (Wildman–Crippen MR) is 78.0 cm³/mol. The van der Waals surface area contributed by atoms with Gasteiger partial charge in [-0.2, -0.15) is 0 Å². The quantitative estimate of drug-likeness (QED) is 0.767. The molecule has 0 radical (unpaired) electrons. The number of aliphatic imine (C=N–C) groups is 1. The van der Waals surface area contributed by atoms with Crippen molar-refractivity contribution in [3.63, 3.8) is 0 Å². The van der Waals surface area contributed by atoms with Crippen LogP contribution in [0.5, 0.6) is 0 Å². The monoisotopic (exact) mass is 249 g/mol. The highest BCUT2D eigenvalue weighted by atomic mass is 15.3. The fourth-order valence-corrected chi connectivity index (χ4v) is 3.09. The van der Waals surface area contributed by atoms with Crippen molar-refractivity contribution in [3.05, 3.63) is 64.9 Å². The number of guanidine groups is 1. The summed E-state index contributed by atoms with van der Waals surface area (Å²) in [6, 6.07) is 8.47. The number of hydrogen-bond donors (Lipinski definition) is 1. The number of benzene rings is 1. The van der Waals surface area contributed by atoms with Crippen molar-refractivity contribution >= 4 is 11.6 Å². The zero-order valence-corrected chi connectivity index (χ0v) is 10.6. The minimum atomic E-state index is 0.616. The number of rotatable bonds is 0. The zero-order valence-electron chi connectivity index (χ0n) is 10.6. The van der Waals surface area contributed by atoms with Gasteiger partial charge in [0.25, 0.3) is 0 Å². The maximum Gasteiger partial charge on any atom is 0.200 e. The molecule has 0 saturated heterocycles. The van der Waals surface area contributed by atoms with E-state index < -0.39 is 0 Å². The largest absolute Gasteiger partial charge is 0.369 e. The van der Waals surface area contributed by atoms with Crippen LogP contribution in [0.15, 0.2) is 64.3 Å². The van der Waals surface area contributed by atoms with E-state index in [0.717, 1.165) is 12.8 Å². The van der Waals surface area contributed by atoms with Crippen molar-refractivity contribution in [2.75, 3.05) is 11.4 Å². The second-order valence-corrected chi connectivity index (χ2v) is 5.06. The molecule has 0 unspecified atom stereocenters. The Balaban J connectivity index is 1.99. The second-order valence-electron chi connectivity index (χ2n) is 5.06. The third-order valence-corrected chi connectivity index (χ3v) is 3.99. The molecule has 0 fully saturated rings. The third kappa shape index (κ3) is 1.48. The number of fused-ring (bicyclic) bond motifs is 4. The Bertz CT molecular complexity index is 677. The average Bonchev–Trinajstić information content (AvgIpc) is 2.75. The van der Waals surface area contributed by atoms with Crippen LogP contribution >= 0.6 is 0 Å². The number of nitrogens with two attached hydrogens (primary N) is 1. The van der Waals surface area contributed by atoms with Gasteiger partial charge in [0.1, 0.15) is 0 Å². The SMILES string of the molecule is NC1=NCC2=C3CC=CC=C3Cc3ccccc3N12. The van der Waals surface area contributed by atoms with Crippen molar-refractivity contribution in [1.82, 2.24) is 0 Å². The summed E-state index contributed by atoms with van der Waals surface area (Å²) in [4.78, 5) is 6.55. The molecule has 3 aliphatic rings. The van der Waals surface area contributed by atoms with Crippen molar-refractivity contribution < 1.29 is 0 Å². The van der Waals surface area contributed by atoms with Gasteiger partial charge in [-0.3, -0.25) is 4.90 Å². The van der Waals surface area contributed by atoms with Gasteiger partial charge in [0, 0.05) is 0 Å². The average molecular weight is 249 g/mol. The van der Waals surface area contributed by atoms with Gasteiger partial charge in [0.05, 0.1) is 17.9 Å². The van der Waals surface area contributed by atoms with Crippen LogP contribution in [0.4, 0.5) is 5.69 Å². The van der Waals surface area contributed by atoms with Crippen LogP contribution in [-0.4, -0.2) is 12.5 Å². The van der Waals surface area contributed by atoms with Gasteiger partial charge in [0.2, 0.25) is 5.96 Å². The number of para-hydroxylation sites is 1.